The maximum atomic E-state index is 5.93. The first-order valence-corrected chi connectivity index (χ1v) is 9.68. The Bertz CT molecular complexity index is 196. The highest BCUT2D eigenvalue weighted by molar-refractivity contribution is 4.49. The van der Waals surface area contributed by atoms with Crippen LogP contribution in [0, 0.1) is 0 Å². The maximum Gasteiger partial charge on any atom is 0.0955 e. The molecule has 2 N–H and O–H groups in total. The summed E-state index contributed by atoms with van der Waals surface area (Å²) >= 11 is 0. The van der Waals surface area contributed by atoms with Crippen LogP contribution in [0.2, 0.25) is 0 Å². The molecule has 0 spiro atoms. The normalized spacial score (nSPS) is 12.0. The highest BCUT2D eigenvalue weighted by Crippen LogP contribution is 2.13. The lowest BCUT2D eigenvalue weighted by Crippen LogP contribution is -2.47. The highest BCUT2D eigenvalue weighted by Gasteiger charge is 2.06. The minimum Gasteiger partial charge on any atom is -0.253 e. The molecule has 0 aliphatic rings. The van der Waals surface area contributed by atoms with Gasteiger partial charge in [-0.25, -0.2) is 0 Å². The van der Waals surface area contributed by atoms with E-state index in [0.29, 0.717) is 4.59 Å². The van der Waals surface area contributed by atoms with E-state index in [0.717, 1.165) is 6.54 Å². The molecule has 0 aliphatic carbocycles. The van der Waals surface area contributed by atoms with E-state index in [4.69, 9.17) is 5.84 Å². The standard InChI is InChI=1S/C19H43N2/c1-4-5-6-7-8-9-10-11-12-13-14-15-16-17-18-19-21(2,3)20/h4-20H2,1-3H3/q+1. The van der Waals surface area contributed by atoms with Crippen LogP contribution in [0.5, 0.6) is 0 Å². The fourth-order valence-corrected chi connectivity index (χ4v) is 2.89. The molecule has 0 fully saturated rings. The Balaban J connectivity index is 3.00. The molecule has 2 heteroatoms. The average molecular weight is 300 g/mol. The van der Waals surface area contributed by atoms with Crippen LogP contribution in [0.15, 0.2) is 0 Å². The zero-order valence-electron chi connectivity index (χ0n) is 15.3. The minimum absolute atomic E-state index is 0.623. The summed E-state index contributed by atoms with van der Waals surface area (Å²) in [6, 6.07) is 0. The smallest absolute Gasteiger partial charge is 0.0955 e. The van der Waals surface area contributed by atoms with Gasteiger partial charge in [-0.15, -0.1) is 0 Å². The van der Waals surface area contributed by atoms with Crippen LogP contribution >= 0.6 is 0 Å². The van der Waals surface area contributed by atoms with Crippen molar-refractivity contribution in [3.8, 4) is 0 Å². The van der Waals surface area contributed by atoms with E-state index in [-0.39, 0.29) is 0 Å². The molecule has 0 atom stereocenters. The van der Waals surface area contributed by atoms with E-state index in [9.17, 15) is 0 Å². The fraction of sp³-hybridized carbons (Fsp3) is 1.00. The SMILES string of the molecule is CCCCCCCCCCCCCCCCC[N+](C)(C)N. The van der Waals surface area contributed by atoms with Crippen molar-refractivity contribution in [2.75, 3.05) is 20.6 Å². The van der Waals surface area contributed by atoms with Crippen molar-refractivity contribution in [1.82, 2.24) is 0 Å². The summed E-state index contributed by atoms with van der Waals surface area (Å²) in [5, 5.41) is 0. The number of rotatable bonds is 16. The van der Waals surface area contributed by atoms with Crippen molar-refractivity contribution in [3.05, 3.63) is 0 Å². The van der Waals surface area contributed by atoms with Crippen LogP contribution in [0.25, 0.3) is 0 Å². The van der Waals surface area contributed by atoms with Crippen LogP contribution < -0.4 is 5.84 Å². The number of nitrogens with zero attached hydrogens (tertiary/aromatic N) is 1. The molecular weight excluding hydrogens is 256 g/mol. The van der Waals surface area contributed by atoms with Gasteiger partial charge < -0.3 is 0 Å². The molecule has 2 nitrogen and oxygen atoms in total. The second-order valence-electron chi connectivity index (χ2n) is 7.45. The van der Waals surface area contributed by atoms with Gasteiger partial charge in [-0.1, -0.05) is 90.4 Å². The van der Waals surface area contributed by atoms with Crippen LogP contribution in [0.1, 0.15) is 103 Å². The number of unbranched alkanes of at least 4 members (excludes halogenated alkanes) is 14. The molecule has 0 aromatic rings. The van der Waals surface area contributed by atoms with Crippen molar-refractivity contribution in [2.45, 2.75) is 103 Å². The van der Waals surface area contributed by atoms with E-state index in [1.54, 1.807) is 0 Å². The molecule has 0 aromatic heterocycles. The Kier molecular flexibility index (Phi) is 14.8. The fourth-order valence-electron chi connectivity index (χ4n) is 2.89. The van der Waals surface area contributed by atoms with Crippen molar-refractivity contribution >= 4 is 0 Å². The Morgan fingerprint density at radius 1 is 0.524 bits per heavy atom. The molecule has 0 unspecified atom stereocenters. The summed E-state index contributed by atoms with van der Waals surface area (Å²) in [5.41, 5.74) is 0. The summed E-state index contributed by atoms with van der Waals surface area (Å²) in [6.45, 7) is 3.40. The summed E-state index contributed by atoms with van der Waals surface area (Å²) < 4.78 is 0.623. The van der Waals surface area contributed by atoms with Crippen LogP contribution in [-0.2, 0) is 0 Å². The first-order chi connectivity index (χ1) is 10.1. The summed E-state index contributed by atoms with van der Waals surface area (Å²) in [4.78, 5) is 0. The number of quaternary nitrogens is 1. The van der Waals surface area contributed by atoms with Gasteiger partial charge in [0.15, 0.2) is 0 Å². The molecule has 0 saturated heterocycles. The summed E-state index contributed by atoms with van der Waals surface area (Å²) in [7, 11) is 4.15. The van der Waals surface area contributed by atoms with Gasteiger partial charge in [0.25, 0.3) is 0 Å². The highest BCUT2D eigenvalue weighted by atomic mass is 15.5. The van der Waals surface area contributed by atoms with Gasteiger partial charge in [-0.2, -0.15) is 5.84 Å². The van der Waals surface area contributed by atoms with Crippen LogP contribution in [0.4, 0.5) is 0 Å². The molecule has 128 valence electrons. The molecule has 0 saturated carbocycles. The van der Waals surface area contributed by atoms with Crippen molar-refractivity contribution < 1.29 is 4.59 Å². The quantitative estimate of drug-likeness (QED) is 0.165. The van der Waals surface area contributed by atoms with E-state index >= 15 is 0 Å². The minimum atomic E-state index is 0.623. The monoisotopic (exact) mass is 299 g/mol. The molecule has 0 bridgehead atoms. The molecule has 21 heavy (non-hydrogen) atoms. The van der Waals surface area contributed by atoms with E-state index in [2.05, 4.69) is 21.0 Å². The molecule has 0 radical (unpaired) electrons. The molecule has 0 aromatic carbocycles. The number of nitrogens with two attached hydrogens (primary N) is 1. The van der Waals surface area contributed by atoms with Gasteiger partial charge in [0, 0.05) is 0 Å². The molecule has 0 rings (SSSR count). The zero-order chi connectivity index (χ0) is 15.8. The molecule has 0 aliphatic heterocycles. The largest absolute Gasteiger partial charge is 0.253 e. The lowest BCUT2D eigenvalue weighted by Gasteiger charge is -2.21. The van der Waals surface area contributed by atoms with Crippen LogP contribution in [-0.4, -0.2) is 25.2 Å². The average Bonchev–Trinajstić information content (AvgIpc) is 2.42. The number of hydrogen-bond acceptors (Lipinski definition) is 1. The second-order valence-corrected chi connectivity index (χ2v) is 7.45. The summed E-state index contributed by atoms with van der Waals surface area (Å²) in [5.74, 6) is 5.93. The number of hydrogen-bond donors (Lipinski definition) is 1. The topological polar surface area (TPSA) is 26.0 Å². The van der Waals surface area contributed by atoms with E-state index in [1.807, 2.05) is 0 Å². The molecule has 0 amide bonds. The predicted molar refractivity (Wildman–Crippen MR) is 96.1 cm³/mol. The summed E-state index contributed by atoms with van der Waals surface area (Å²) in [6.07, 6.45) is 21.4. The third kappa shape index (κ3) is 19.9. The van der Waals surface area contributed by atoms with Gasteiger partial charge in [0.1, 0.15) is 0 Å². The predicted octanol–water partition coefficient (Wildman–Crippen LogP) is 5.81. The van der Waals surface area contributed by atoms with Gasteiger partial charge in [-0.3, -0.25) is 4.59 Å². The first-order valence-electron chi connectivity index (χ1n) is 9.68. The Morgan fingerprint density at radius 3 is 1.10 bits per heavy atom. The first kappa shape index (κ1) is 20.9. The van der Waals surface area contributed by atoms with E-state index < -0.39 is 0 Å². The lowest BCUT2D eigenvalue weighted by atomic mass is 10.0. The van der Waals surface area contributed by atoms with Crippen molar-refractivity contribution in [2.24, 2.45) is 5.84 Å². The van der Waals surface area contributed by atoms with E-state index in [1.165, 1.54) is 96.3 Å². The molecular formula is C19H43N2+. The van der Waals surface area contributed by atoms with Gasteiger partial charge >= 0.3 is 0 Å². The Morgan fingerprint density at radius 2 is 0.810 bits per heavy atom. The second kappa shape index (κ2) is 14.8. The third-order valence-electron chi connectivity index (χ3n) is 4.34. The van der Waals surface area contributed by atoms with Crippen molar-refractivity contribution in [1.29, 1.82) is 0 Å². The van der Waals surface area contributed by atoms with Gasteiger partial charge in [0.05, 0.1) is 20.6 Å². The van der Waals surface area contributed by atoms with Gasteiger partial charge in [0.2, 0.25) is 0 Å². The van der Waals surface area contributed by atoms with Gasteiger partial charge in [-0.05, 0) is 12.8 Å². The molecule has 0 heterocycles. The lowest BCUT2D eigenvalue weighted by molar-refractivity contribution is -0.902. The van der Waals surface area contributed by atoms with Crippen LogP contribution in [0.3, 0.4) is 0 Å². The van der Waals surface area contributed by atoms with Crippen molar-refractivity contribution in [3.63, 3.8) is 0 Å². The maximum absolute atomic E-state index is 5.93. The Hall–Kier alpha value is -0.0800. The Labute approximate surface area is 135 Å². The zero-order valence-corrected chi connectivity index (χ0v) is 15.3. The third-order valence-corrected chi connectivity index (χ3v) is 4.34.